The number of amidine groups is 1. The van der Waals surface area contributed by atoms with Crippen LogP contribution in [0, 0.1) is 6.92 Å². The first-order valence-electron chi connectivity index (χ1n) is 9.04. The predicted octanol–water partition coefficient (Wildman–Crippen LogP) is 1.40. The number of hydrazone groups is 1. The molecule has 1 unspecified atom stereocenters. The Morgan fingerprint density at radius 3 is 2.57 bits per heavy atom. The van der Waals surface area contributed by atoms with Gasteiger partial charge >= 0.3 is 12.1 Å². The van der Waals surface area contributed by atoms with Crippen molar-refractivity contribution in [3.63, 3.8) is 0 Å². The van der Waals surface area contributed by atoms with E-state index in [0.717, 1.165) is 35.8 Å². The van der Waals surface area contributed by atoms with Crippen LogP contribution < -0.4 is 25.1 Å². The van der Waals surface area contributed by atoms with E-state index in [0.29, 0.717) is 12.4 Å². The van der Waals surface area contributed by atoms with E-state index < -0.39 is 12.1 Å². The minimum absolute atomic E-state index is 0.125. The molecule has 1 amide bonds. The first kappa shape index (κ1) is 21.7. The molecule has 164 valence electrons. The van der Waals surface area contributed by atoms with E-state index in [2.05, 4.69) is 22.8 Å². The van der Waals surface area contributed by atoms with Gasteiger partial charge in [0.15, 0.2) is 5.84 Å². The number of hydrogen-bond donors (Lipinski definition) is 3. The number of aryl methyl sites for hydroxylation is 1. The summed E-state index contributed by atoms with van der Waals surface area (Å²) in [5, 5.41) is 14.5. The van der Waals surface area contributed by atoms with Gasteiger partial charge < -0.3 is 24.8 Å². The molecule has 1 atom stereocenters. The summed E-state index contributed by atoms with van der Waals surface area (Å²) in [6.45, 7) is 7.95. The zero-order valence-corrected chi connectivity index (χ0v) is 16.5. The highest BCUT2D eigenvalue weighted by atomic mass is 19.4. The highest BCUT2D eigenvalue weighted by Gasteiger charge is 2.39. The quantitative estimate of drug-likeness (QED) is 0.650. The molecule has 1 aromatic rings. The molecule has 1 aromatic carbocycles. The molecule has 3 heterocycles. The fourth-order valence-electron chi connectivity index (χ4n) is 3.08. The summed E-state index contributed by atoms with van der Waals surface area (Å²) in [4.78, 5) is 22.8. The van der Waals surface area contributed by atoms with Gasteiger partial charge in [0.25, 0.3) is 5.91 Å². The number of ether oxygens (including phenoxy) is 2. The van der Waals surface area contributed by atoms with Crippen LogP contribution in [0.5, 0.6) is 11.5 Å². The maximum Gasteiger partial charge on any atom is 0.490 e. The number of nitrogens with one attached hydrogen (secondary N) is 2. The molecule has 4 rings (SSSR count). The zero-order chi connectivity index (χ0) is 22.3. The van der Waals surface area contributed by atoms with E-state index >= 15 is 0 Å². The second-order valence-electron chi connectivity index (χ2n) is 7.38. The first-order valence-corrected chi connectivity index (χ1v) is 9.04. The van der Waals surface area contributed by atoms with Gasteiger partial charge in [0.2, 0.25) is 0 Å². The first-order chi connectivity index (χ1) is 13.9. The number of carbonyl (C=O) groups excluding carboxylic acids is 1. The van der Waals surface area contributed by atoms with E-state index in [4.69, 9.17) is 19.4 Å². The van der Waals surface area contributed by atoms with E-state index in [1.165, 1.54) is 0 Å². The summed E-state index contributed by atoms with van der Waals surface area (Å²) in [5.74, 6) is -0.605. The van der Waals surface area contributed by atoms with Crippen LogP contribution in [0.3, 0.4) is 0 Å². The molecule has 0 aromatic heterocycles. The Bertz CT molecular complexity index is 899. The van der Waals surface area contributed by atoms with E-state index in [-0.39, 0.29) is 17.6 Å². The summed E-state index contributed by atoms with van der Waals surface area (Å²) < 4.78 is 43.7. The van der Waals surface area contributed by atoms with Crippen molar-refractivity contribution in [2.24, 2.45) is 5.10 Å². The van der Waals surface area contributed by atoms with Crippen LogP contribution >= 0.6 is 0 Å². The lowest BCUT2D eigenvalue weighted by molar-refractivity contribution is -0.192. The lowest BCUT2D eigenvalue weighted by atomic mass is 9.99. The third-order valence-corrected chi connectivity index (χ3v) is 4.81. The number of carboxylic acids is 1. The topological polar surface area (TPSA) is 112 Å². The van der Waals surface area contributed by atoms with Gasteiger partial charge in [0, 0.05) is 19.2 Å². The van der Waals surface area contributed by atoms with Crippen LogP contribution in [-0.2, 0) is 9.59 Å². The molecule has 0 saturated carbocycles. The number of halogens is 3. The molecule has 9 nitrogen and oxygen atoms in total. The van der Waals surface area contributed by atoms with Gasteiger partial charge in [-0.1, -0.05) is 0 Å². The van der Waals surface area contributed by atoms with Crippen molar-refractivity contribution in [2.75, 3.05) is 24.6 Å². The van der Waals surface area contributed by atoms with Gasteiger partial charge in [-0.2, -0.15) is 18.3 Å². The SMILES string of the molecule is Cc1cc2c(cc1OC1(C)CNC1)N1C(=NNC(=O)C1C)CO2.O=C(O)C(F)(F)F. The maximum absolute atomic E-state index is 12.0. The molecular weight excluding hydrogens is 409 g/mol. The number of carboxylic acid groups (broad SMARTS) is 1. The summed E-state index contributed by atoms with van der Waals surface area (Å²) in [6, 6.07) is 3.59. The molecule has 3 aliphatic rings. The Morgan fingerprint density at radius 1 is 1.40 bits per heavy atom. The standard InChI is InChI=1S/C16H20N4O3.C2HF3O2/c1-9-4-13-11(5-12(9)23-16(3)7-17-8-16)20-10(2)15(21)19-18-14(20)6-22-13;3-2(4,5)1(6)7/h4-5,10,17H,6-8H2,1-3H3,(H,19,21);(H,6,7). The smallest absolute Gasteiger partial charge is 0.485 e. The van der Waals surface area contributed by atoms with Crippen molar-refractivity contribution in [2.45, 2.75) is 38.6 Å². The highest BCUT2D eigenvalue weighted by molar-refractivity contribution is 6.09. The number of fused-ring (bicyclic) bond motifs is 3. The van der Waals surface area contributed by atoms with E-state index in [9.17, 15) is 18.0 Å². The average Bonchev–Trinajstić information content (AvgIpc) is 2.63. The van der Waals surface area contributed by atoms with Crippen LogP contribution in [0.1, 0.15) is 19.4 Å². The van der Waals surface area contributed by atoms with Gasteiger partial charge in [0.1, 0.15) is 29.7 Å². The minimum atomic E-state index is -5.08. The fraction of sp³-hybridized carbons (Fsp3) is 0.500. The number of alkyl halides is 3. The molecule has 1 fully saturated rings. The molecule has 3 aliphatic heterocycles. The Kier molecular flexibility index (Phi) is 5.54. The molecule has 0 spiro atoms. The Labute approximate surface area is 169 Å². The number of anilines is 1. The van der Waals surface area contributed by atoms with Crippen molar-refractivity contribution in [1.29, 1.82) is 0 Å². The molecule has 12 heteroatoms. The molecule has 1 saturated heterocycles. The third-order valence-electron chi connectivity index (χ3n) is 4.81. The van der Waals surface area contributed by atoms with E-state index in [1.807, 2.05) is 30.9 Å². The second-order valence-corrected chi connectivity index (χ2v) is 7.38. The number of nitrogens with zero attached hydrogens (tertiary/aromatic N) is 2. The lowest BCUT2D eigenvalue weighted by Crippen LogP contribution is -2.61. The number of amides is 1. The monoisotopic (exact) mass is 430 g/mol. The highest BCUT2D eigenvalue weighted by Crippen LogP contribution is 2.40. The minimum Gasteiger partial charge on any atom is -0.485 e. The Hall–Kier alpha value is -3.02. The molecule has 0 radical (unpaired) electrons. The van der Waals surface area contributed by atoms with Crippen LogP contribution in [0.2, 0.25) is 0 Å². The van der Waals surface area contributed by atoms with Gasteiger partial charge in [-0.25, -0.2) is 10.2 Å². The number of rotatable bonds is 2. The fourth-order valence-corrected chi connectivity index (χ4v) is 3.08. The number of aliphatic carboxylic acids is 1. The van der Waals surface area contributed by atoms with Gasteiger partial charge in [-0.3, -0.25) is 4.79 Å². The Morgan fingerprint density at radius 2 is 2.03 bits per heavy atom. The summed E-state index contributed by atoms with van der Waals surface area (Å²) >= 11 is 0. The largest absolute Gasteiger partial charge is 0.490 e. The van der Waals surface area contributed by atoms with Crippen molar-refractivity contribution >= 4 is 23.4 Å². The lowest BCUT2D eigenvalue weighted by Gasteiger charge is -2.41. The van der Waals surface area contributed by atoms with Crippen LogP contribution in [0.25, 0.3) is 0 Å². The predicted molar refractivity (Wildman–Crippen MR) is 99.8 cm³/mol. The van der Waals surface area contributed by atoms with E-state index in [1.54, 1.807) is 0 Å². The van der Waals surface area contributed by atoms with Gasteiger partial charge in [-0.05, 0) is 32.4 Å². The van der Waals surface area contributed by atoms with Crippen LogP contribution in [-0.4, -0.2) is 60.3 Å². The van der Waals surface area contributed by atoms with Gasteiger partial charge in [-0.15, -0.1) is 0 Å². The summed E-state index contributed by atoms with van der Waals surface area (Å²) in [7, 11) is 0. The summed E-state index contributed by atoms with van der Waals surface area (Å²) in [6.07, 6.45) is -5.08. The van der Waals surface area contributed by atoms with Crippen LogP contribution in [0.4, 0.5) is 18.9 Å². The molecular formula is C18H21F3N4O5. The number of benzene rings is 1. The van der Waals surface area contributed by atoms with Crippen molar-refractivity contribution in [3.8, 4) is 11.5 Å². The van der Waals surface area contributed by atoms with Crippen molar-refractivity contribution in [1.82, 2.24) is 10.7 Å². The third kappa shape index (κ3) is 4.27. The molecule has 3 N–H and O–H groups in total. The maximum atomic E-state index is 12.0. The number of carbonyl (C=O) groups is 2. The van der Waals surface area contributed by atoms with Crippen molar-refractivity contribution in [3.05, 3.63) is 17.7 Å². The molecule has 0 bridgehead atoms. The average molecular weight is 430 g/mol. The zero-order valence-electron chi connectivity index (χ0n) is 16.5. The van der Waals surface area contributed by atoms with Crippen molar-refractivity contribution < 1.29 is 37.3 Å². The number of hydrogen-bond acceptors (Lipinski definition) is 7. The molecule has 0 aliphatic carbocycles. The normalized spacial score (nSPS) is 21.4. The summed E-state index contributed by atoms with van der Waals surface area (Å²) in [5.41, 5.74) is 4.20. The Balaban J connectivity index is 0.000000318. The van der Waals surface area contributed by atoms with Gasteiger partial charge in [0.05, 0.1) is 5.69 Å². The van der Waals surface area contributed by atoms with Crippen LogP contribution in [0.15, 0.2) is 17.2 Å². The molecule has 30 heavy (non-hydrogen) atoms. The second kappa shape index (κ2) is 7.67.